The molecule has 0 aliphatic heterocycles. The molecule has 0 radical (unpaired) electrons. The Bertz CT molecular complexity index is 268. The maximum absolute atomic E-state index is 11.3. The summed E-state index contributed by atoms with van der Waals surface area (Å²) >= 11 is 0. The number of carbonyl (C=O) groups is 1. The van der Waals surface area contributed by atoms with E-state index < -0.39 is 0 Å². The van der Waals surface area contributed by atoms with Gasteiger partial charge in [0, 0.05) is 5.92 Å². The van der Waals surface area contributed by atoms with E-state index in [1.807, 2.05) is 0 Å². The van der Waals surface area contributed by atoms with Gasteiger partial charge in [0.2, 0.25) is 5.78 Å². The largest absolute Gasteiger partial charge is 0.290 e. The van der Waals surface area contributed by atoms with Gasteiger partial charge in [-0.3, -0.25) is 4.79 Å². The third kappa shape index (κ3) is 1.24. The molecule has 0 amide bonds. The minimum Gasteiger partial charge on any atom is -0.290 e. The number of aromatic nitrogens is 3. The van der Waals surface area contributed by atoms with Crippen LogP contribution in [0.4, 0.5) is 0 Å². The number of carbonyl (C=O) groups excluding carboxylic acids is 1. The van der Waals surface area contributed by atoms with E-state index in [1.54, 1.807) is 0 Å². The van der Waals surface area contributed by atoms with Gasteiger partial charge >= 0.3 is 0 Å². The van der Waals surface area contributed by atoms with Gasteiger partial charge in [-0.1, -0.05) is 0 Å². The Kier molecular flexibility index (Phi) is 1.38. The molecule has 1 fully saturated rings. The van der Waals surface area contributed by atoms with E-state index in [0.717, 1.165) is 12.8 Å². The van der Waals surface area contributed by atoms with Gasteiger partial charge < -0.3 is 0 Å². The van der Waals surface area contributed by atoms with Crippen molar-refractivity contribution in [2.45, 2.75) is 12.8 Å². The highest BCUT2D eigenvalue weighted by Gasteiger charge is 2.31. The first-order chi connectivity index (χ1) is 5.38. The van der Waals surface area contributed by atoms with Crippen LogP contribution in [-0.4, -0.2) is 20.7 Å². The third-order valence-electron chi connectivity index (χ3n) is 1.66. The summed E-state index contributed by atoms with van der Waals surface area (Å²) in [5.74, 6) is 0.562. The molecule has 0 N–H and O–H groups in total. The van der Waals surface area contributed by atoms with Crippen molar-refractivity contribution in [2.75, 3.05) is 0 Å². The second-order valence-corrected chi connectivity index (χ2v) is 2.60. The number of rotatable bonds is 2. The number of hydrogen-bond donors (Lipinski definition) is 0. The summed E-state index contributed by atoms with van der Waals surface area (Å²) < 4.78 is 0. The van der Waals surface area contributed by atoms with E-state index in [0.29, 0.717) is 5.82 Å². The molecule has 4 nitrogen and oxygen atoms in total. The molecule has 1 heterocycles. The number of Topliss-reactive ketones (excluding diaryl/α,β-unsaturated/α-hetero) is 1. The molecule has 0 unspecified atom stereocenters. The van der Waals surface area contributed by atoms with Crippen LogP contribution in [0.3, 0.4) is 0 Å². The van der Waals surface area contributed by atoms with Gasteiger partial charge in [-0.25, -0.2) is 15.0 Å². The van der Waals surface area contributed by atoms with Crippen LogP contribution in [0, 0.1) is 5.92 Å². The van der Waals surface area contributed by atoms with Crippen LogP contribution >= 0.6 is 0 Å². The first kappa shape index (κ1) is 6.39. The standard InChI is InChI=1S/C7H7N3O/c11-6(5-1-2-5)7-9-3-8-4-10-7/h3-5H,1-2H2. The van der Waals surface area contributed by atoms with Gasteiger partial charge in [-0.05, 0) is 12.8 Å². The second kappa shape index (κ2) is 2.38. The first-order valence-electron chi connectivity index (χ1n) is 3.54. The highest BCUT2D eigenvalue weighted by atomic mass is 16.1. The van der Waals surface area contributed by atoms with Crippen molar-refractivity contribution in [3.8, 4) is 0 Å². The normalized spacial score (nSPS) is 16.4. The Morgan fingerprint density at radius 3 is 2.55 bits per heavy atom. The number of hydrogen-bond acceptors (Lipinski definition) is 4. The minimum absolute atomic E-state index is 0.0624. The molecule has 2 rings (SSSR count). The molecule has 11 heavy (non-hydrogen) atoms. The topological polar surface area (TPSA) is 55.7 Å². The maximum Gasteiger partial charge on any atom is 0.203 e. The number of ketones is 1. The highest BCUT2D eigenvalue weighted by Crippen LogP contribution is 2.31. The molecular formula is C7H7N3O. The quantitative estimate of drug-likeness (QED) is 0.573. The van der Waals surface area contributed by atoms with Crippen LogP contribution < -0.4 is 0 Å². The average molecular weight is 149 g/mol. The zero-order valence-electron chi connectivity index (χ0n) is 5.90. The predicted octanol–water partition coefficient (Wildman–Crippen LogP) is 0.464. The second-order valence-electron chi connectivity index (χ2n) is 2.60. The van der Waals surface area contributed by atoms with Crippen molar-refractivity contribution in [2.24, 2.45) is 5.92 Å². The van der Waals surface area contributed by atoms with Gasteiger partial charge in [-0.2, -0.15) is 0 Å². The van der Waals surface area contributed by atoms with E-state index in [2.05, 4.69) is 15.0 Å². The zero-order chi connectivity index (χ0) is 7.68. The van der Waals surface area contributed by atoms with Crippen LogP contribution in [0.2, 0.25) is 0 Å². The SMILES string of the molecule is O=C(c1ncncn1)C1CC1. The van der Waals surface area contributed by atoms with Gasteiger partial charge in [0.25, 0.3) is 0 Å². The molecule has 0 saturated heterocycles. The summed E-state index contributed by atoms with van der Waals surface area (Å²) in [4.78, 5) is 22.4. The fourth-order valence-corrected chi connectivity index (χ4v) is 0.895. The van der Waals surface area contributed by atoms with Crippen molar-refractivity contribution in [1.82, 2.24) is 15.0 Å². The molecule has 1 aromatic heterocycles. The van der Waals surface area contributed by atoms with Crippen molar-refractivity contribution < 1.29 is 4.79 Å². The summed E-state index contributed by atoms with van der Waals surface area (Å²) in [6, 6.07) is 0. The molecule has 0 spiro atoms. The van der Waals surface area contributed by atoms with Crippen molar-refractivity contribution in [3.05, 3.63) is 18.5 Å². The van der Waals surface area contributed by atoms with Crippen LogP contribution in [0.25, 0.3) is 0 Å². The van der Waals surface area contributed by atoms with Crippen molar-refractivity contribution in [1.29, 1.82) is 0 Å². The van der Waals surface area contributed by atoms with E-state index >= 15 is 0 Å². The predicted molar refractivity (Wildman–Crippen MR) is 36.9 cm³/mol. The lowest BCUT2D eigenvalue weighted by atomic mass is 10.2. The van der Waals surface area contributed by atoms with Gasteiger partial charge in [0.05, 0.1) is 0 Å². The van der Waals surface area contributed by atoms with Crippen LogP contribution in [0.5, 0.6) is 0 Å². The summed E-state index contributed by atoms with van der Waals surface area (Å²) in [5, 5.41) is 0. The fourth-order valence-electron chi connectivity index (χ4n) is 0.895. The van der Waals surface area contributed by atoms with E-state index in [1.165, 1.54) is 12.7 Å². The molecule has 0 bridgehead atoms. The summed E-state index contributed by atoms with van der Waals surface area (Å²) in [7, 11) is 0. The Balaban J connectivity index is 2.22. The Labute approximate surface area is 63.7 Å². The molecule has 1 saturated carbocycles. The van der Waals surface area contributed by atoms with Gasteiger partial charge in [-0.15, -0.1) is 0 Å². The lowest BCUT2D eigenvalue weighted by molar-refractivity contribution is 0.0957. The van der Waals surface area contributed by atoms with Crippen LogP contribution in [0.1, 0.15) is 23.5 Å². The maximum atomic E-state index is 11.3. The molecule has 1 aliphatic rings. The summed E-state index contributed by atoms with van der Waals surface area (Å²) in [5.41, 5.74) is 0. The highest BCUT2D eigenvalue weighted by molar-refractivity contribution is 5.95. The lowest BCUT2D eigenvalue weighted by Crippen LogP contribution is -2.06. The third-order valence-corrected chi connectivity index (χ3v) is 1.66. The fraction of sp³-hybridized carbons (Fsp3) is 0.429. The minimum atomic E-state index is 0.0624. The van der Waals surface area contributed by atoms with Crippen LogP contribution in [0.15, 0.2) is 12.7 Å². The molecule has 0 aromatic carbocycles. The lowest BCUT2D eigenvalue weighted by Gasteiger charge is -1.92. The molecule has 4 heteroatoms. The first-order valence-corrected chi connectivity index (χ1v) is 3.54. The van der Waals surface area contributed by atoms with E-state index in [4.69, 9.17) is 0 Å². The van der Waals surface area contributed by atoms with Crippen molar-refractivity contribution in [3.63, 3.8) is 0 Å². The molecule has 1 aromatic rings. The van der Waals surface area contributed by atoms with E-state index in [9.17, 15) is 4.79 Å². The summed E-state index contributed by atoms with van der Waals surface area (Å²) in [6.45, 7) is 0. The molecular weight excluding hydrogens is 142 g/mol. The van der Waals surface area contributed by atoms with Crippen LogP contribution in [-0.2, 0) is 0 Å². The van der Waals surface area contributed by atoms with Gasteiger partial charge in [0.15, 0.2) is 5.82 Å². The molecule has 1 aliphatic carbocycles. The number of nitrogens with zero attached hydrogens (tertiary/aromatic N) is 3. The summed E-state index contributed by atoms with van der Waals surface area (Å²) in [6.07, 6.45) is 4.68. The Morgan fingerprint density at radius 2 is 2.00 bits per heavy atom. The average Bonchev–Trinajstić information content (AvgIpc) is 2.87. The Morgan fingerprint density at radius 1 is 1.36 bits per heavy atom. The zero-order valence-corrected chi connectivity index (χ0v) is 5.90. The van der Waals surface area contributed by atoms with Crippen molar-refractivity contribution >= 4 is 5.78 Å². The Hall–Kier alpha value is -1.32. The smallest absolute Gasteiger partial charge is 0.203 e. The molecule has 0 atom stereocenters. The molecule has 56 valence electrons. The van der Waals surface area contributed by atoms with E-state index in [-0.39, 0.29) is 11.7 Å². The monoisotopic (exact) mass is 149 g/mol. The van der Waals surface area contributed by atoms with Gasteiger partial charge in [0.1, 0.15) is 12.7 Å².